The third-order valence-electron chi connectivity index (χ3n) is 2.19. The highest BCUT2D eigenvalue weighted by atomic mass is 16.5. The van der Waals surface area contributed by atoms with Gasteiger partial charge in [-0.2, -0.15) is 0 Å². The predicted molar refractivity (Wildman–Crippen MR) is 65.6 cm³/mol. The number of carboxylic acids is 1. The largest absolute Gasteiger partial charge is 0.480 e. The zero-order valence-corrected chi connectivity index (χ0v) is 10.9. The van der Waals surface area contributed by atoms with E-state index in [9.17, 15) is 9.59 Å². The molecule has 0 aliphatic rings. The number of urea groups is 1. The molecule has 0 radical (unpaired) electrons. The van der Waals surface area contributed by atoms with Gasteiger partial charge in [0.25, 0.3) is 0 Å². The molecule has 0 saturated heterocycles. The molecule has 0 aromatic rings. The zero-order valence-electron chi connectivity index (χ0n) is 10.9. The quantitative estimate of drug-likeness (QED) is 0.489. The Hall–Kier alpha value is -1.34. The van der Waals surface area contributed by atoms with Crippen molar-refractivity contribution in [3.63, 3.8) is 0 Å². The number of aliphatic carboxylic acids is 1. The molecule has 106 valence electrons. The normalized spacial score (nSPS) is 11.9. The van der Waals surface area contributed by atoms with Gasteiger partial charge in [-0.05, 0) is 12.8 Å². The second kappa shape index (κ2) is 10.8. The van der Waals surface area contributed by atoms with Crippen LogP contribution < -0.4 is 10.6 Å². The van der Waals surface area contributed by atoms with E-state index in [4.69, 9.17) is 14.6 Å². The van der Waals surface area contributed by atoms with Crippen LogP contribution in [0.25, 0.3) is 0 Å². The zero-order chi connectivity index (χ0) is 13.8. The van der Waals surface area contributed by atoms with Crippen molar-refractivity contribution in [3.05, 3.63) is 0 Å². The van der Waals surface area contributed by atoms with Crippen LogP contribution in [0.2, 0.25) is 0 Å². The fourth-order valence-electron chi connectivity index (χ4n) is 1.17. The summed E-state index contributed by atoms with van der Waals surface area (Å²) in [6.07, 6.45) is 1.02. The smallest absolute Gasteiger partial charge is 0.326 e. The van der Waals surface area contributed by atoms with E-state index >= 15 is 0 Å². The van der Waals surface area contributed by atoms with Crippen LogP contribution in [0, 0.1) is 0 Å². The number of nitrogens with one attached hydrogen (secondary N) is 2. The predicted octanol–water partition coefficient (Wildman–Crippen LogP) is 0.202. The number of carbonyl (C=O) groups excluding carboxylic acids is 1. The minimum Gasteiger partial charge on any atom is -0.480 e. The second-order valence-electron chi connectivity index (χ2n) is 3.66. The first-order valence-electron chi connectivity index (χ1n) is 5.95. The molecule has 0 aliphatic heterocycles. The van der Waals surface area contributed by atoms with Gasteiger partial charge in [0, 0.05) is 20.3 Å². The van der Waals surface area contributed by atoms with Crippen LogP contribution in [0.5, 0.6) is 0 Å². The Morgan fingerprint density at radius 3 is 2.56 bits per heavy atom. The van der Waals surface area contributed by atoms with Gasteiger partial charge in [0.1, 0.15) is 6.04 Å². The van der Waals surface area contributed by atoms with Crippen molar-refractivity contribution in [2.45, 2.75) is 25.8 Å². The summed E-state index contributed by atoms with van der Waals surface area (Å²) in [5.41, 5.74) is 0. The first-order chi connectivity index (χ1) is 8.61. The molecule has 0 aromatic heterocycles. The van der Waals surface area contributed by atoms with E-state index in [-0.39, 0.29) is 0 Å². The molecule has 0 aromatic carbocycles. The van der Waals surface area contributed by atoms with Crippen molar-refractivity contribution in [2.24, 2.45) is 0 Å². The third kappa shape index (κ3) is 8.77. The van der Waals surface area contributed by atoms with Gasteiger partial charge in [0.15, 0.2) is 0 Å². The summed E-state index contributed by atoms with van der Waals surface area (Å²) in [5.74, 6) is -1.03. The molecule has 0 saturated carbocycles. The first kappa shape index (κ1) is 16.7. The van der Waals surface area contributed by atoms with E-state index < -0.39 is 18.0 Å². The molecule has 7 heteroatoms. The maximum Gasteiger partial charge on any atom is 0.326 e. The summed E-state index contributed by atoms with van der Waals surface area (Å²) in [6.45, 7) is 3.74. The number of hydrogen-bond donors (Lipinski definition) is 3. The van der Waals surface area contributed by atoms with E-state index in [1.54, 1.807) is 14.0 Å². The van der Waals surface area contributed by atoms with Crippen LogP contribution in [0.4, 0.5) is 4.79 Å². The average Bonchev–Trinajstić information content (AvgIpc) is 2.34. The molecule has 18 heavy (non-hydrogen) atoms. The molecule has 0 unspecified atom stereocenters. The van der Waals surface area contributed by atoms with Crippen molar-refractivity contribution >= 4 is 12.0 Å². The Kier molecular flexibility index (Phi) is 9.99. The third-order valence-corrected chi connectivity index (χ3v) is 2.19. The number of amides is 2. The Morgan fingerprint density at radius 2 is 2.00 bits per heavy atom. The Labute approximate surface area is 107 Å². The Balaban J connectivity index is 3.50. The van der Waals surface area contributed by atoms with E-state index in [1.807, 2.05) is 0 Å². The van der Waals surface area contributed by atoms with Gasteiger partial charge in [-0.3, -0.25) is 0 Å². The minimum atomic E-state index is -1.03. The lowest BCUT2D eigenvalue weighted by molar-refractivity contribution is -0.139. The highest BCUT2D eigenvalue weighted by molar-refractivity contribution is 5.82. The van der Waals surface area contributed by atoms with Crippen molar-refractivity contribution in [3.8, 4) is 0 Å². The van der Waals surface area contributed by atoms with Crippen LogP contribution in [-0.2, 0) is 14.3 Å². The minimum absolute atomic E-state index is 0.350. The maximum absolute atomic E-state index is 11.3. The number of methoxy groups -OCH3 is 1. The molecule has 0 rings (SSSR count). The monoisotopic (exact) mass is 262 g/mol. The van der Waals surface area contributed by atoms with Gasteiger partial charge in [0.05, 0.1) is 13.2 Å². The topological polar surface area (TPSA) is 96.9 Å². The maximum atomic E-state index is 11.3. The molecular weight excluding hydrogens is 240 g/mol. The second-order valence-corrected chi connectivity index (χ2v) is 3.66. The van der Waals surface area contributed by atoms with Crippen LogP contribution in [0.3, 0.4) is 0 Å². The molecule has 1 atom stereocenters. The van der Waals surface area contributed by atoms with Crippen molar-refractivity contribution in [1.29, 1.82) is 0 Å². The summed E-state index contributed by atoms with van der Waals surface area (Å²) in [4.78, 5) is 22.0. The van der Waals surface area contributed by atoms with Gasteiger partial charge >= 0.3 is 12.0 Å². The summed E-state index contributed by atoms with van der Waals surface area (Å²) in [5, 5.41) is 13.7. The number of carboxylic acid groups (broad SMARTS) is 1. The molecule has 2 amide bonds. The van der Waals surface area contributed by atoms with Gasteiger partial charge < -0.3 is 25.2 Å². The Morgan fingerprint density at radius 1 is 1.28 bits per heavy atom. The highest BCUT2D eigenvalue weighted by Crippen LogP contribution is 1.90. The van der Waals surface area contributed by atoms with Crippen LogP contribution in [0.15, 0.2) is 0 Å². The number of carbonyl (C=O) groups is 2. The molecule has 0 heterocycles. The lowest BCUT2D eigenvalue weighted by Gasteiger charge is -2.13. The summed E-state index contributed by atoms with van der Waals surface area (Å²) in [6, 6.07) is -1.32. The van der Waals surface area contributed by atoms with Crippen molar-refractivity contribution in [1.82, 2.24) is 10.6 Å². The SMILES string of the molecule is CC[C@@H](NC(=O)NCCCOCCOC)C(=O)O. The Bertz CT molecular complexity index is 248. The first-order valence-corrected chi connectivity index (χ1v) is 5.95. The van der Waals surface area contributed by atoms with Crippen LogP contribution >= 0.6 is 0 Å². The molecular formula is C11H22N2O5. The van der Waals surface area contributed by atoms with E-state index in [2.05, 4.69) is 10.6 Å². The van der Waals surface area contributed by atoms with Crippen LogP contribution in [-0.4, -0.2) is 56.6 Å². The molecule has 3 N–H and O–H groups in total. The lowest BCUT2D eigenvalue weighted by Crippen LogP contribution is -2.45. The average molecular weight is 262 g/mol. The molecule has 0 bridgehead atoms. The summed E-state index contributed by atoms with van der Waals surface area (Å²) in [7, 11) is 1.60. The van der Waals surface area contributed by atoms with Gasteiger partial charge in [-0.1, -0.05) is 6.92 Å². The molecule has 7 nitrogen and oxygen atoms in total. The van der Waals surface area contributed by atoms with Gasteiger partial charge in [-0.15, -0.1) is 0 Å². The fourth-order valence-corrected chi connectivity index (χ4v) is 1.17. The number of hydrogen-bond acceptors (Lipinski definition) is 4. The van der Waals surface area contributed by atoms with Gasteiger partial charge in [0.2, 0.25) is 0 Å². The molecule has 0 spiro atoms. The molecule has 0 aliphatic carbocycles. The van der Waals surface area contributed by atoms with E-state index in [0.29, 0.717) is 39.2 Å². The highest BCUT2D eigenvalue weighted by Gasteiger charge is 2.16. The lowest BCUT2D eigenvalue weighted by atomic mass is 10.2. The summed E-state index contributed by atoms with van der Waals surface area (Å²) < 4.78 is 10.0. The van der Waals surface area contributed by atoms with Crippen LogP contribution in [0.1, 0.15) is 19.8 Å². The van der Waals surface area contributed by atoms with Crippen molar-refractivity contribution in [2.75, 3.05) is 33.5 Å². The number of rotatable bonds is 10. The number of ether oxygens (including phenoxy) is 2. The summed E-state index contributed by atoms with van der Waals surface area (Å²) >= 11 is 0. The van der Waals surface area contributed by atoms with Crippen molar-refractivity contribution < 1.29 is 24.2 Å². The molecule has 0 fully saturated rings. The van der Waals surface area contributed by atoms with E-state index in [1.165, 1.54) is 0 Å². The van der Waals surface area contributed by atoms with E-state index in [0.717, 1.165) is 0 Å². The van der Waals surface area contributed by atoms with Gasteiger partial charge in [-0.25, -0.2) is 9.59 Å². The fraction of sp³-hybridized carbons (Fsp3) is 0.818. The standard InChI is InChI=1S/C11H22N2O5/c1-3-9(10(14)15)13-11(16)12-5-4-6-18-8-7-17-2/h9H,3-8H2,1-2H3,(H,14,15)(H2,12,13,16)/t9-/m1/s1.